The molecule has 0 aliphatic carbocycles. The van der Waals surface area contributed by atoms with Gasteiger partial charge < -0.3 is 20.3 Å². The molecule has 2 aromatic rings. The summed E-state index contributed by atoms with van der Waals surface area (Å²) in [6.45, 7) is 3.64. The number of ether oxygens (including phenoxy) is 1. The summed E-state index contributed by atoms with van der Waals surface area (Å²) in [6, 6.07) is 5.06. The van der Waals surface area contributed by atoms with Crippen LogP contribution in [0, 0.1) is 0 Å². The van der Waals surface area contributed by atoms with Crippen LogP contribution in [-0.4, -0.2) is 55.0 Å². The lowest BCUT2D eigenvalue weighted by Crippen LogP contribution is -2.37. The number of benzene rings is 1. The molecular formula is C19H24Cl2N4O3S. The number of carbonyl (C=O) groups excluding carboxylic acids is 2. The molecular weight excluding hydrogens is 435 g/mol. The first kappa shape index (κ1) is 23.4. The molecule has 10 heteroatoms. The highest BCUT2D eigenvalue weighted by molar-refractivity contribution is 7.14. The average molecular weight is 459 g/mol. The fraction of sp³-hybridized carbons (Fsp3) is 0.421. The number of anilines is 2. The van der Waals surface area contributed by atoms with Crippen molar-refractivity contribution in [1.29, 1.82) is 0 Å². The van der Waals surface area contributed by atoms with E-state index in [1.54, 1.807) is 35.6 Å². The van der Waals surface area contributed by atoms with Crippen molar-refractivity contribution in [3.05, 3.63) is 39.3 Å². The molecule has 7 nitrogen and oxygen atoms in total. The number of halogens is 2. The van der Waals surface area contributed by atoms with Crippen molar-refractivity contribution >= 4 is 57.2 Å². The summed E-state index contributed by atoms with van der Waals surface area (Å²) < 4.78 is 5.09. The van der Waals surface area contributed by atoms with Gasteiger partial charge in [0.1, 0.15) is 5.69 Å². The van der Waals surface area contributed by atoms with Gasteiger partial charge in [-0.3, -0.25) is 9.59 Å². The highest BCUT2D eigenvalue weighted by atomic mass is 35.5. The highest BCUT2D eigenvalue weighted by Gasteiger charge is 2.20. The minimum atomic E-state index is -0.258. The smallest absolute Gasteiger partial charge is 0.273 e. The van der Waals surface area contributed by atoms with E-state index in [1.807, 2.05) is 6.92 Å². The van der Waals surface area contributed by atoms with Gasteiger partial charge in [0.2, 0.25) is 5.91 Å². The molecule has 1 aromatic heterocycles. The minimum Gasteiger partial charge on any atom is -0.383 e. The fourth-order valence-corrected chi connectivity index (χ4v) is 3.44. The molecule has 0 unspecified atom stereocenters. The van der Waals surface area contributed by atoms with Crippen LogP contribution in [0.2, 0.25) is 10.0 Å². The number of nitrogens with one attached hydrogen (secondary N) is 2. The molecule has 29 heavy (non-hydrogen) atoms. The number of carbonyl (C=O) groups is 2. The molecule has 0 radical (unpaired) electrons. The van der Waals surface area contributed by atoms with E-state index in [0.29, 0.717) is 46.3 Å². The number of hydrogen-bond donors (Lipinski definition) is 2. The van der Waals surface area contributed by atoms with Crippen molar-refractivity contribution in [2.45, 2.75) is 19.8 Å². The largest absolute Gasteiger partial charge is 0.383 e. The lowest BCUT2D eigenvalue weighted by atomic mass is 10.3. The second kappa shape index (κ2) is 12.0. The summed E-state index contributed by atoms with van der Waals surface area (Å²) in [6.07, 6.45) is 1.09. The normalized spacial score (nSPS) is 10.6. The number of methoxy groups -OCH3 is 1. The fourth-order valence-electron chi connectivity index (χ4n) is 2.41. The Bertz CT molecular complexity index is 832. The van der Waals surface area contributed by atoms with Crippen LogP contribution in [0.5, 0.6) is 0 Å². The molecule has 0 aliphatic heterocycles. The van der Waals surface area contributed by atoms with Crippen molar-refractivity contribution in [1.82, 2.24) is 15.2 Å². The monoisotopic (exact) mass is 458 g/mol. The predicted molar refractivity (Wildman–Crippen MR) is 118 cm³/mol. The molecule has 158 valence electrons. The summed E-state index contributed by atoms with van der Waals surface area (Å²) in [5.41, 5.74) is 0.900. The van der Waals surface area contributed by atoms with Crippen LogP contribution in [0.15, 0.2) is 23.6 Å². The first-order valence-corrected chi connectivity index (χ1v) is 10.8. The minimum absolute atomic E-state index is 0.0849. The van der Waals surface area contributed by atoms with Gasteiger partial charge in [-0.05, 0) is 24.6 Å². The third kappa shape index (κ3) is 7.47. The second-order valence-electron chi connectivity index (χ2n) is 6.17. The SMILES string of the molecule is CCCNC(=O)CCN(CCOC)C(=O)c1csc(Nc2cc(Cl)ccc2Cl)n1. The van der Waals surface area contributed by atoms with Gasteiger partial charge in [0, 0.05) is 43.6 Å². The first-order chi connectivity index (χ1) is 13.9. The Labute approximate surface area is 184 Å². The van der Waals surface area contributed by atoms with Gasteiger partial charge >= 0.3 is 0 Å². The number of nitrogens with zero attached hydrogens (tertiary/aromatic N) is 2. The Morgan fingerprint density at radius 1 is 1.28 bits per heavy atom. The third-order valence-corrected chi connectivity index (χ3v) is 5.25. The van der Waals surface area contributed by atoms with Crippen LogP contribution >= 0.6 is 34.5 Å². The predicted octanol–water partition coefficient (Wildman–Crippen LogP) is 4.20. The maximum Gasteiger partial charge on any atom is 0.273 e. The van der Waals surface area contributed by atoms with E-state index in [4.69, 9.17) is 27.9 Å². The standard InChI is InChI=1S/C19H24Cl2N4O3S/c1-3-7-22-17(26)6-8-25(9-10-28-2)18(27)16-12-29-19(24-16)23-15-11-13(20)4-5-14(15)21/h4-5,11-12H,3,6-10H2,1-2H3,(H,22,26)(H,23,24). The van der Waals surface area contributed by atoms with Gasteiger partial charge in [-0.1, -0.05) is 30.1 Å². The molecule has 0 bridgehead atoms. The Morgan fingerprint density at radius 3 is 2.79 bits per heavy atom. The molecule has 0 fully saturated rings. The summed E-state index contributed by atoms with van der Waals surface area (Å²) in [5.74, 6) is -0.342. The number of rotatable bonds is 11. The van der Waals surface area contributed by atoms with E-state index in [0.717, 1.165) is 6.42 Å². The molecule has 1 heterocycles. The van der Waals surface area contributed by atoms with Gasteiger partial charge in [0.25, 0.3) is 5.91 Å². The topological polar surface area (TPSA) is 83.6 Å². The van der Waals surface area contributed by atoms with Crippen molar-refractivity contribution in [2.24, 2.45) is 0 Å². The number of thiazole rings is 1. The van der Waals surface area contributed by atoms with Crippen LogP contribution in [0.1, 0.15) is 30.3 Å². The Hall–Kier alpha value is -1.87. The quantitative estimate of drug-likeness (QED) is 0.526. The zero-order valence-electron chi connectivity index (χ0n) is 16.3. The number of aromatic nitrogens is 1. The van der Waals surface area contributed by atoms with Gasteiger partial charge in [0.15, 0.2) is 5.13 Å². The molecule has 0 aliphatic rings. The Kier molecular flexibility index (Phi) is 9.66. The van der Waals surface area contributed by atoms with E-state index in [1.165, 1.54) is 11.3 Å². The average Bonchev–Trinajstić information content (AvgIpc) is 3.17. The van der Waals surface area contributed by atoms with Crippen LogP contribution in [-0.2, 0) is 9.53 Å². The lowest BCUT2D eigenvalue weighted by molar-refractivity contribution is -0.121. The number of hydrogen-bond acceptors (Lipinski definition) is 6. The number of amides is 2. The zero-order chi connectivity index (χ0) is 21.2. The summed E-state index contributed by atoms with van der Waals surface area (Å²) in [4.78, 5) is 30.7. The first-order valence-electron chi connectivity index (χ1n) is 9.17. The van der Waals surface area contributed by atoms with Crippen LogP contribution < -0.4 is 10.6 Å². The van der Waals surface area contributed by atoms with Crippen molar-refractivity contribution in [3.63, 3.8) is 0 Å². The van der Waals surface area contributed by atoms with Gasteiger partial charge in [-0.15, -0.1) is 11.3 Å². The molecule has 0 atom stereocenters. The molecule has 0 spiro atoms. The second-order valence-corrected chi connectivity index (χ2v) is 7.87. The van der Waals surface area contributed by atoms with Crippen LogP contribution in [0.25, 0.3) is 0 Å². The van der Waals surface area contributed by atoms with E-state index < -0.39 is 0 Å². The summed E-state index contributed by atoms with van der Waals surface area (Å²) in [7, 11) is 1.57. The summed E-state index contributed by atoms with van der Waals surface area (Å²) >= 11 is 13.4. The van der Waals surface area contributed by atoms with Gasteiger partial charge in [-0.2, -0.15) is 0 Å². The molecule has 0 saturated heterocycles. The van der Waals surface area contributed by atoms with E-state index in [-0.39, 0.29) is 24.8 Å². The van der Waals surface area contributed by atoms with Crippen LogP contribution in [0.3, 0.4) is 0 Å². The Morgan fingerprint density at radius 2 is 2.07 bits per heavy atom. The molecule has 2 rings (SSSR count). The maximum absolute atomic E-state index is 12.9. The lowest BCUT2D eigenvalue weighted by Gasteiger charge is -2.21. The molecule has 1 aromatic carbocycles. The van der Waals surface area contributed by atoms with E-state index >= 15 is 0 Å². The highest BCUT2D eigenvalue weighted by Crippen LogP contribution is 2.29. The molecule has 0 saturated carbocycles. The molecule has 2 amide bonds. The van der Waals surface area contributed by atoms with Crippen molar-refractivity contribution in [2.75, 3.05) is 38.7 Å². The Balaban J connectivity index is 2.04. The third-order valence-electron chi connectivity index (χ3n) is 3.93. The molecule has 2 N–H and O–H groups in total. The van der Waals surface area contributed by atoms with Crippen molar-refractivity contribution < 1.29 is 14.3 Å². The van der Waals surface area contributed by atoms with Crippen LogP contribution in [0.4, 0.5) is 10.8 Å². The van der Waals surface area contributed by atoms with Gasteiger partial charge in [-0.25, -0.2) is 4.98 Å². The van der Waals surface area contributed by atoms with Gasteiger partial charge in [0.05, 0.1) is 17.3 Å². The zero-order valence-corrected chi connectivity index (χ0v) is 18.7. The van der Waals surface area contributed by atoms with E-state index in [2.05, 4.69) is 15.6 Å². The maximum atomic E-state index is 12.9. The van der Waals surface area contributed by atoms with E-state index in [9.17, 15) is 9.59 Å². The van der Waals surface area contributed by atoms with Crippen molar-refractivity contribution in [3.8, 4) is 0 Å². The summed E-state index contributed by atoms with van der Waals surface area (Å²) in [5, 5.41) is 9.11.